The third-order valence-electron chi connectivity index (χ3n) is 4.80. The molecule has 1 aromatic carbocycles. The molecule has 158 valence electrons. The van der Waals surface area contributed by atoms with E-state index in [9.17, 15) is 0 Å². The Hall–Kier alpha value is -1.87. The monoisotopic (exact) mass is 510 g/mol. The average Bonchev–Trinajstić information content (AvgIpc) is 3.21. The third-order valence-corrected chi connectivity index (χ3v) is 4.80. The van der Waals surface area contributed by atoms with Gasteiger partial charge in [-0.15, -0.1) is 24.0 Å². The molecule has 1 saturated heterocycles. The van der Waals surface area contributed by atoms with E-state index in [-0.39, 0.29) is 24.0 Å². The fraction of sp³-hybridized carbons (Fsp3) is 0.455. The number of hydrogen-bond donors (Lipinski definition) is 1. The number of pyridine rings is 1. The number of likely N-dealkylation sites (tertiary alicyclic amines) is 1. The number of aromatic nitrogens is 1. The molecule has 1 atom stereocenters. The molecular formula is C22H31IN4O2. The van der Waals surface area contributed by atoms with Crippen LogP contribution in [0.5, 0.6) is 5.88 Å². The Kier molecular flexibility index (Phi) is 10.2. The second kappa shape index (κ2) is 12.6. The van der Waals surface area contributed by atoms with Crippen LogP contribution in [0.25, 0.3) is 0 Å². The van der Waals surface area contributed by atoms with E-state index in [4.69, 9.17) is 14.5 Å². The zero-order valence-electron chi connectivity index (χ0n) is 17.2. The van der Waals surface area contributed by atoms with Crippen molar-refractivity contribution < 1.29 is 9.47 Å². The van der Waals surface area contributed by atoms with Crippen LogP contribution in [0.3, 0.4) is 0 Å². The second-order valence-corrected chi connectivity index (χ2v) is 6.98. The topological polar surface area (TPSA) is 59.0 Å². The molecule has 1 N–H and O–H groups in total. The van der Waals surface area contributed by atoms with Crippen LogP contribution in [0.15, 0.2) is 53.7 Å². The smallest absolute Gasteiger partial charge is 0.212 e. The van der Waals surface area contributed by atoms with Crippen molar-refractivity contribution in [3.63, 3.8) is 0 Å². The maximum absolute atomic E-state index is 5.94. The van der Waals surface area contributed by atoms with E-state index in [1.165, 1.54) is 5.56 Å². The van der Waals surface area contributed by atoms with E-state index in [1.807, 2.05) is 36.5 Å². The van der Waals surface area contributed by atoms with Gasteiger partial charge in [-0.05, 0) is 24.5 Å². The molecule has 1 aromatic heterocycles. The Balaban J connectivity index is 0.00000300. The summed E-state index contributed by atoms with van der Waals surface area (Å²) in [6.07, 6.45) is 2.94. The summed E-state index contributed by atoms with van der Waals surface area (Å²) < 4.78 is 11.0. The van der Waals surface area contributed by atoms with Crippen molar-refractivity contribution in [3.8, 4) is 5.88 Å². The van der Waals surface area contributed by atoms with E-state index in [2.05, 4.69) is 34.3 Å². The highest BCUT2D eigenvalue weighted by atomic mass is 127. The van der Waals surface area contributed by atoms with Gasteiger partial charge in [-0.2, -0.15) is 0 Å². The number of nitrogens with zero attached hydrogens (tertiary/aromatic N) is 3. The lowest BCUT2D eigenvalue weighted by atomic mass is 10.1. The van der Waals surface area contributed by atoms with Crippen LogP contribution in [0.2, 0.25) is 0 Å². The van der Waals surface area contributed by atoms with Crippen molar-refractivity contribution >= 4 is 29.9 Å². The van der Waals surface area contributed by atoms with Crippen molar-refractivity contribution in [2.45, 2.75) is 26.5 Å². The zero-order chi connectivity index (χ0) is 19.6. The zero-order valence-corrected chi connectivity index (χ0v) is 19.5. The van der Waals surface area contributed by atoms with Gasteiger partial charge in [-0.1, -0.05) is 36.4 Å². The normalized spacial score (nSPS) is 16.4. The van der Waals surface area contributed by atoms with Crippen LogP contribution >= 0.6 is 24.0 Å². The van der Waals surface area contributed by atoms with Gasteiger partial charge >= 0.3 is 0 Å². The second-order valence-electron chi connectivity index (χ2n) is 6.98. The van der Waals surface area contributed by atoms with Gasteiger partial charge in [0.2, 0.25) is 5.88 Å². The van der Waals surface area contributed by atoms with Crippen LogP contribution < -0.4 is 10.1 Å². The van der Waals surface area contributed by atoms with Crippen molar-refractivity contribution in [1.29, 1.82) is 0 Å². The number of halogens is 1. The summed E-state index contributed by atoms with van der Waals surface area (Å²) in [5.41, 5.74) is 2.29. The van der Waals surface area contributed by atoms with E-state index in [1.54, 1.807) is 7.11 Å². The lowest BCUT2D eigenvalue weighted by Gasteiger charge is -2.21. The molecule has 2 heterocycles. The summed E-state index contributed by atoms with van der Waals surface area (Å²) >= 11 is 0. The highest BCUT2D eigenvalue weighted by molar-refractivity contribution is 14.0. The van der Waals surface area contributed by atoms with Crippen LogP contribution in [0.1, 0.15) is 24.5 Å². The van der Waals surface area contributed by atoms with Gasteiger partial charge in [0.1, 0.15) is 0 Å². The summed E-state index contributed by atoms with van der Waals surface area (Å²) in [6, 6.07) is 14.2. The molecule has 2 aromatic rings. The molecule has 6 nitrogen and oxygen atoms in total. The Morgan fingerprint density at radius 1 is 1.21 bits per heavy atom. The maximum atomic E-state index is 5.94. The lowest BCUT2D eigenvalue weighted by Crippen LogP contribution is -2.40. The number of aliphatic imine (C=N–C) groups is 1. The van der Waals surface area contributed by atoms with Gasteiger partial charge in [0.05, 0.1) is 26.9 Å². The first kappa shape index (κ1) is 23.4. The number of ether oxygens (including phenoxy) is 2. The quantitative estimate of drug-likeness (QED) is 0.334. The Bertz CT molecular complexity index is 740. The molecule has 0 saturated carbocycles. The Morgan fingerprint density at radius 2 is 2.03 bits per heavy atom. The van der Waals surface area contributed by atoms with E-state index in [0.717, 1.165) is 44.2 Å². The summed E-state index contributed by atoms with van der Waals surface area (Å²) in [6.45, 7) is 6.99. The van der Waals surface area contributed by atoms with Crippen molar-refractivity contribution in [3.05, 3.63) is 59.8 Å². The van der Waals surface area contributed by atoms with Crippen molar-refractivity contribution in [1.82, 2.24) is 15.2 Å². The van der Waals surface area contributed by atoms with Gasteiger partial charge in [-0.25, -0.2) is 9.98 Å². The Morgan fingerprint density at radius 3 is 2.72 bits per heavy atom. The number of nitrogens with one attached hydrogen (secondary N) is 1. The fourth-order valence-electron chi connectivity index (χ4n) is 3.30. The summed E-state index contributed by atoms with van der Waals surface area (Å²) in [7, 11) is 1.62. The van der Waals surface area contributed by atoms with Gasteiger partial charge in [0.25, 0.3) is 0 Å². The maximum Gasteiger partial charge on any atom is 0.212 e. The molecule has 0 amide bonds. The van der Waals surface area contributed by atoms with Gasteiger partial charge in [0, 0.05) is 37.8 Å². The number of methoxy groups -OCH3 is 1. The average molecular weight is 510 g/mol. The third kappa shape index (κ3) is 7.47. The first-order chi connectivity index (χ1) is 13.8. The minimum Gasteiger partial charge on any atom is -0.481 e. The molecule has 0 spiro atoms. The minimum atomic E-state index is 0. The van der Waals surface area contributed by atoms with Gasteiger partial charge in [-0.3, -0.25) is 0 Å². The summed E-state index contributed by atoms with van der Waals surface area (Å²) in [4.78, 5) is 11.4. The number of benzene rings is 1. The van der Waals surface area contributed by atoms with Crippen molar-refractivity contribution in [2.24, 2.45) is 10.9 Å². The molecule has 3 rings (SSSR count). The standard InChI is InChI=1S/C22H30N4O2.HI/c1-3-23-22(25-14-19-9-10-21(27-2)24-13-19)26-12-11-20(15-26)17-28-16-18-7-5-4-6-8-18;/h4-10,13,20H,3,11-12,14-17H2,1-2H3,(H,23,25);1H. The predicted octanol–water partition coefficient (Wildman–Crippen LogP) is 3.71. The first-order valence-electron chi connectivity index (χ1n) is 9.92. The molecule has 7 heteroatoms. The van der Waals surface area contributed by atoms with Gasteiger partial charge < -0.3 is 19.7 Å². The number of rotatable bonds is 8. The highest BCUT2D eigenvalue weighted by Gasteiger charge is 2.25. The molecule has 1 unspecified atom stereocenters. The van der Waals surface area contributed by atoms with E-state index >= 15 is 0 Å². The van der Waals surface area contributed by atoms with Crippen molar-refractivity contribution in [2.75, 3.05) is 33.4 Å². The largest absolute Gasteiger partial charge is 0.481 e. The SMILES string of the molecule is CCNC(=NCc1ccc(OC)nc1)N1CCC(COCc2ccccc2)C1.I. The Labute approximate surface area is 190 Å². The first-order valence-corrected chi connectivity index (χ1v) is 9.92. The summed E-state index contributed by atoms with van der Waals surface area (Å²) in [5, 5.41) is 3.41. The van der Waals surface area contributed by atoms with Crippen LogP contribution in [0, 0.1) is 5.92 Å². The fourth-order valence-corrected chi connectivity index (χ4v) is 3.30. The molecule has 1 fully saturated rings. The molecule has 29 heavy (non-hydrogen) atoms. The molecule has 0 bridgehead atoms. The molecule has 1 aliphatic rings. The van der Waals surface area contributed by atoms with E-state index in [0.29, 0.717) is 24.9 Å². The van der Waals surface area contributed by atoms with Gasteiger partial charge in [0.15, 0.2) is 5.96 Å². The minimum absolute atomic E-state index is 0. The molecule has 0 radical (unpaired) electrons. The molecular weight excluding hydrogens is 479 g/mol. The lowest BCUT2D eigenvalue weighted by molar-refractivity contribution is 0.0906. The molecule has 0 aliphatic carbocycles. The number of hydrogen-bond acceptors (Lipinski definition) is 4. The van der Waals surface area contributed by atoms with Crippen LogP contribution in [-0.4, -0.2) is 49.2 Å². The molecule has 1 aliphatic heterocycles. The summed E-state index contributed by atoms with van der Waals surface area (Å²) in [5.74, 6) is 2.12. The van der Waals surface area contributed by atoms with Crippen LogP contribution in [0.4, 0.5) is 0 Å². The van der Waals surface area contributed by atoms with Crippen LogP contribution in [-0.2, 0) is 17.9 Å². The predicted molar refractivity (Wildman–Crippen MR) is 127 cm³/mol. The highest BCUT2D eigenvalue weighted by Crippen LogP contribution is 2.18. The number of guanidine groups is 1. The van der Waals surface area contributed by atoms with E-state index < -0.39 is 0 Å².